The molecule has 0 unspecified atom stereocenters. The van der Waals surface area contributed by atoms with Gasteiger partial charge >= 0.3 is 0 Å². The second kappa shape index (κ2) is 2.88. The molecule has 1 amide bonds. The molecule has 1 aromatic rings. The average molecular weight is 149 g/mol. The Morgan fingerprint density at radius 3 is 3.00 bits per heavy atom. The maximum absolute atomic E-state index is 10.2. The van der Waals surface area contributed by atoms with Crippen LogP contribution < -0.4 is 5.73 Å². The van der Waals surface area contributed by atoms with E-state index in [2.05, 4.69) is 21.8 Å². The number of aromatic amines is 1. The summed E-state index contributed by atoms with van der Waals surface area (Å²) in [5, 5.41) is 0. The molecule has 0 fully saturated rings. The monoisotopic (exact) mass is 149 g/mol. The summed E-state index contributed by atoms with van der Waals surface area (Å²) in [7, 11) is 0. The summed E-state index contributed by atoms with van der Waals surface area (Å²) in [6.07, 6.45) is 1.55. The van der Waals surface area contributed by atoms with Crippen molar-refractivity contribution < 1.29 is 4.79 Å². The summed E-state index contributed by atoms with van der Waals surface area (Å²) in [5.41, 5.74) is 5.40. The largest absolute Gasteiger partial charge is 0.359 e. The third-order valence-corrected chi connectivity index (χ3v) is 1.02. The van der Waals surface area contributed by atoms with E-state index >= 15 is 0 Å². The molecule has 0 bridgehead atoms. The maximum Gasteiger partial charge on any atom is 0.293 e. The minimum Gasteiger partial charge on any atom is -0.359 e. The van der Waals surface area contributed by atoms with Gasteiger partial charge in [-0.05, 0) is 12.8 Å². The van der Waals surface area contributed by atoms with Crippen LogP contribution >= 0.6 is 0 Å². The molecule has 0 spiro atoms. The van der Waals surface area contributed by atoms with Gasteiger partial charge in [0, 0.05) is 5.92 Å². The molecule has 0 saturated carbocycles. The van der Waals surface area contributed by atoms with E-state index in [1.807, 2.05) is 0 Å². The number of primary amides is 1. The number of aryl methyl sites for hydroxylation is 1. The number of hydrogen-bond donors (Lipinski definition) is 2. The van der Waals surface area contributed by atoms with Gasteiger partial charge in [-0.15, -0.1) is 0 Å². The van der Waals surface area contributed by atoms with Gasteiger partial charge in [0.2, 0.25) is 0 Å². The maximum atomic E-state index is 10.2. The predicted molar refractivity (Wildman–Crippen MR) is 39.4 cm³/mol. The lowest BCUT2D eigenvalue weighted by molar-refractivity contribution is -0.112. The summed E-state index contributed by atoms with van der Waals surface area (Å²) in [4.78, 5) is 16.9. The standard InChI is InChI=1S/C7H7N3O/c1-5-9-4-6(10-5)2-3-7(8)11/h4H,1H3,(H2,8,11)(H,9,10). The van der Waals surface area contributed by atoms with Crippen LogP contribution in [0.3, 0.4) is 0 Å². The minimum atomic E-state index is -0.641. The minimum absolute atomic E-state index is 0.598. The highest BCUT2D eigenvalue weighted by Crippen LogP contribution is 1.91. The number of H-pyrrole nitrogens is 1. The van der Waals surface area contributed by atoms with Crippen LogP contribution in [0.5, 0.6) is 0 Å². The highest BCUT2D eigenvalue weighted by molar-refractivity contribution is 5.92. The van der Waals surface area contributed by atoms with Crippen LogP contribution in [0.25, 0.3) is 0 Å². The molecular formula is C7H7N3O. The Morgan fingerprint density at radius 1 is 1.82 bits per heavy atom. The van der Waals surface area contributed by atoms with Crippen LogP contribution in [0.1, 0.15) is 11.5 Å². The second-order valence-corrected chi connectivity index (χ2v) is 2.00. The normalized spacial score (nSPS) is 8.45. The van der Waals surface area contributed by atoms with E-state index < -0.39 is 5.91 Å². The van der Waals surface area contributed by atoms with Crippen LogP contribution in [0.4, 0.5) is 0 Å². The highest BCUT2D eigenvalue weighted by Gasteiger charge is 1.90. The Labute approximate surface area is 63.8 Å². The molecule has 0 aromatic carbocycles. The fraction of sp³-hybridized carbons (Fsp3) is 0.143. The third-order valence-electron chi connectivity index (χ3n) is 1.02. The van der Waals surface area contributed by atoms with Gasteiger partial charge in [0.25, 0.3) is 5.91 Å². The van der Waals surface area contributed by atoms with Crippen molar-refractivity contribution in [3.8, 4) is 11.8 Å². The first-order chi connectivity index (χ1) is 5.18. The number of hydrogen-bond acceptors (Lipinski definition) is 2. The van der Waals surface area contributed by atoms with Gasteiger partial charge in [-0.1, -0.05) is 0 Å². The Morgan fingerprint density at radius 2 is 2.55 bits per heavy atom. The number of amides is 1. The first-order valence-electron chi connectivity index (χ1n) is 3.01. The lowest BCUT2D eigenvalue weighted by Crippen LogP contribution is -2.06. The molecule has 0 saturated heterocycles. The lowest BCUT2D eigenvalue weighted by Gasteiger charge is -1.77. The molecule has 0 aliphatic carbocycles. The van der Waals surface area contributed by atoms with Crippen molar-refractivity contribution in [1.82, 2.24) is 9.97 Å². The smallest absolute Gasteiger partial charge is 0.293 e. The van der Waals surface area contributed by atoms with Crippen LogP contribution in [0.2, 0.25) is 0 Å². The van der Waals surface area contributed by atoms with Crippen LogP contribution in [-0.2, 0) is 4.79 Å². The van der Waals surface area contributed by atoms with E-state index in [0.29, 0.717) is 5.69 Å². The highest BCUT2D eigenvalue weighted by atomic mass is 16.1. The summed E-state index contributed by atoms with van der Waals surface area (Å²) in [6, 6.07) is 0. The summed E-state index contributed by atoms with van der Waals surface area (Å²) in [5.74, 6) is 4.84. The predicted octanol–water partition coefficient (Wildman–Crippen LogP) is -0.445. The van der Waals surface area contributed by atoms with Gasteiger partial charge in [-0.2, -0.15) is 0 Å². The molecular weight excluding hydrogens is 142 g/mol. The fourth-order valence-corrected chi connectivity index (χ4v) is 0.613. The van der Waals surface area contributed by atoms with Gasteiger partial charge in [0.15, 0.2) is 0 Å². The van der Waals surface area contributed by atoms with E-state index in [4.69, 9.17) is 5.73 Å². The topological polar surface area (TPSA) is 71.8 Å². The van der Waals surface area contributed by atoms with Crippen molar-refractivity contribution in [3.05, 3.63) is 17.7 Å². The van der Waals surface area contributed by atoms with E-state index in [-0.39, 0.29) is 0 Å². The van der Waals surface area contributed by atoms with Gasteiger partial charge in [-0.3, -0.25) is 4.79 Å². The molecule has 4 heteroatoms. The third kappa shape index (κ3) is 2.14. The molecule has 0 radical (unpaired) electrons. The Hall–Kier alpha value is -1.76. The number of carbonyl (C=O) groups excluding carboxylic acids is 1. The number of aromatic nitrogens is 2. The number of carbonyl (C=O) groups is 1. The van der Waals surface area contributed by atoms with Crippen molar-refractivity contribution in [3.63, 3.8) is 0 Å². The van der Waals surface area contributed by atoms with E-state index in [1.165, 1.54) is 0 Å². The first kappa shape index (κ1) is 7.35. The number of imidazole rings is 1. The molecule has 0 aliphatic heterocycles. The lowest BCUT2D eigenvalue weighted by atomic mass is 10.4. The summed E-state index contributed by atoms with van der Waals surface area (Å²) in [6.45, 7) is 1.80. The molecule has 1 rings (SSSR count). The number of nitrogens with zero attached hydrogens (tertiary/aromatic N) is 1. The SMILES string of the molecule is Cc1ncc(C#CC(N)=O)[nH]1. The van der Waals surface area contributed by atoms with Crippen LogP contribution in [0, 0.1) is 18.8 Å². The first-order valence-corrected chi connectivity index (χ1v) is 3.01. The Kier molecular flexibility index (Phi) is 1.93. The van der Waals surface area contributed by atoms with Gasteiger partial charge in [0.1, 0.15) is 11.5 Å². The molecule has 3 N–H and O–H groups in total. The van der Waals surface area contributed by atoms with Crippen molar-refractivity contribution in [2.45, 2.75) is 6.92 Å². The summed E-state index contributed by atoms with van der Waals surface area (Å²) >= 11 is 0. The molecule has 11 heavy (non-hydrogen) atoms. The molecule has 1 heterocycles. The number of rotatable bonds is 0. The molecule has 56 valence electrons. The molecule has 4 nitrogen and oxygen atoms in total. The van der Waals surface area contributed by atoms with Crippen molar-refractivity contribution in [1.29, 1.82) is 0 Å². The zero-order chi connectivity index (χ0) is 8.27. The Balaban J connectivity index is 2.82. The van der Waals surface area contributed by atoms with Crippen LogP contribution in [-0.4, -0.2) is 15.9 Å². The van der Waals surface area contributed by atoms with Crippen molar-refractivity contribution >= 4 is 5.91 Å². The molecule has 0 aliphatic rings. The average Bonchev–Trinajstić information content (AvgIpc) is 2.31. The van der Waals surface area contributed by atoms with Gasteiger partial charge in [0.05, 0.1) is 6.20 Å². The van der Waals surface area contributed by atoms with E-state index in [0.717, 1.165) is 5.82 Å². The quantitative estimate of drug-likeness (QED) is 0.490. The number of nitrogens with one attached hydrogen (secondary N) is 1. The van der Waals surface area contributed by atoms with E-state index in [9.17, 15) is 4.79 Å². The van der Waals surface area contributed by atoms with Crippen molar-refractivity contribution in [2.75, 3.05) is 0 Å². The van der Waals surface area contributed by atoms with Gasteiger partial charge < -0.3 is 10.7 Å². The molecule has 0 atom stereocenters. The summed E-state index contributed by atoms with van der Waals surface area (Å²) < 4.78 is 0. The van der Waals surface area contributed by atoms with Crippen molar-refractivity contribution in [2.24, 2.45) is 5.73 Å². The van der Waals surface area contributed by atoms with E-state index in [1.54, 1.807) is 13.1 Å². The van der Waals surface area contributed by atoms with Gasteiger partial charge in [-0.25, -0.2) is 4.98 Å². The van der Waals surface area contributed by atoms with Crippen LogP contribution in [0.15, 0.2) is 6.20 Å². The zero-order valence-electron chi connectivity index (χ0n) is 6.01. The molecule has 1 aromatic heterocycles. The zero-order valence-corrected chi connectivity index (χ0v) is 6.01. The Bertz CT molecular complexity index is 329. The second-order valence-electron chi connectivity index (χ2n) is 2.00. The fourth-order valence-electron chi connectivity index (χ4n) is 0.613. The number of nitrogens with two attached hydrogens (primary N) is 1.